The van der Waals surface area contributed by atoms with Gasteiger partial charge in [-0.25, -0.2) is 0 Å². The Bertz CT molecular complexity index is 1180. The standard InChI is InChI=1S/C34H51N3O3S2/c1-31-15-18-41-42-33(12-3-2-4-13-33)32(14-16-36-30(35)37-32)11-5-8-25-27-20-24(31)19-23(21-39)28-22(7-6-17-38)9-10-26(29(25)40)34(27,28)31/h9-10,22-24,26,28,38-39H,2-8,11-21H2,1H3,(H3,35,36,37)/t22-,23+,24-,26-,28-,31+,32+,34-/m1/s1. The van der Waals surface area contributed by atoms with E-state index in [2.05, 4.69) is 51.0 Å². The lowest BCUT2D eigenvalue weighted by Crippen LogP contribution is -2.66. The molecule has 0 amide bonds. The molecular formula is C34H51N3O3S2. The molecular weight excluding hydrogens is 563 g/mol. The molecule has 232 valence electrons. The molecule has 8 heteroatoms. The second-order valence-corrected chi connectivity index (χ2v) is 17.7. The molecule has 7 rings (SSSR count). The van der Waals surface area contributed by atoms with Crippen molar-refractivity contribution in [1.29, 1.82) is 0 Å². The summed E-state index contributed by atoms with van der Waals surface area (Å²) in [6.45, 7) is 3.73. The van der Waals surface area contributed by atoms with Crippen LogP contribution in [0.2, 0.25) is 0 Å². The van der Waals surface area contributed by atoms with Gasteiger partial charge in [0.05, 0.1) is 11.5 Å². The van der Waals surface area contributed by atoms with Gasteiger partial charge < -0.3 is 21.3 Å². The molecule has 0 saturated heterocycles. The largest absolute Gasteiger partial charge is 0.396 e. The topological polar surface area (TPSA) is 108 Å². The van der Waals surface area contributed by atoms with Crippen LogP contribution in [0.25, 0.3) is 0 Å². The van der Waals surface area contributed by atoms with Crippen LogP contribution in [0.3, 0.4) is 0 Å². The van der Waals surface area contributed by atoms with Crippen molar-refractivity contribution in [3.05, 3.63) is 23.3 Å². The molecule has 3 spiro atoms. The number of guanidine groups is 1. The monoisotopic (exact) mass is 613 g/mol. The molecule has 0 radical (unpaired) electrons. The molecule has 0 aromatic rings. The van der Waals surface area contributed by atoms with Gasteiger partial charge in [-0.1, -0.05) is 65.5 Å². The second-order valence-electron chi connectivity index (χ2n) is 14.9. The Morgan fingerprint density at radius 3 is 2.69 bits per heavy atom. The number of aliphatic imine (C=N–C) groups is 1. The first-order valence-corrected chi connectivity index (χ1v) is 19.2. The fourth-order valence-electron chi connectivity index (χ4n) is 11.8. The van der Waals surface area contributed by atoms with Crippen molar-refractivity contribution in [1.82, 2.24) is 5.32 Å². The van der Waals surface area contributed by atoms with Crippen molar-refractivity contribution in [3.8, 4) is 0 Å². The number of Topliss-reactive ketones (excluding diaryl/α,β-unsaturated/α-hetero) is 1. The number of aliphatic hydroxyl groups is 2. The van der Waals surface area contributed by atoms with Gasteiger partial charge in [0.25, 0.3) is 0 Å². The summed E-state index contributed by atoms with van der Waals surface area (Å²) >= 11 is 0. The molecule has 0 aromatic heterocycles. The van der Waals surface area contributed by atoms with Crippen LogP contribution in [0.4, 0.5) is 0 Å². The van der Waals surface area contributed by atoms with E-state index in [1.165, 1.54) is 37.7 Å². The van der Waals surface area contributed by atoms with Gasteiger partial charge in [-0.2, -0.15) is 0 Å². The molecule has 42 heavy (non-hydrogen) atoms. The quantitative estimate of drug-likeness (QED) is 0.235. The summed E-state index contributed by atoms with van der Waals surface area (Å²) in [6.07, 6.45) is 19.7. The zero-order valence-electron chi connectivity index (χ0n) is 25.4. The Kier molecular flexibility index (Phi) is 7.88. The number of rotatable bonds is 4. The van der Waals surface area contributed by atoms with Gasteiger partial charge in [0.15, 0.2) is 11.7 Å². The van der Waals surface area contributed by atoms with Crippen LogP contribution < -0.4 is 11.1 Å². The highest BCUT2D eigenvalue weighted by Gasteiger charge is 2.74. The summed E-state index contributed by atoms with van der Waals surface area (Å²) in [4.78, 5) is 19.1. The van der Waals surface area contributed by atoms with Gasteiger partial charge in [-0.05, 0) is 105 Å². The minimum atomic E-state index is -0.176. The average Bonchev–Trinajstić information content (AvgIpc) is 3.28. The Labute approximate surface area is 260 Å². The normalized spacial score (nSPS) is 44.4. The average molecular weight is 614 g/mol. The number of ketones is 1. The maximum absolute atomic E-state index is 14.5. The zero-order valence-corrected chi connectivity index (χ0v) is 27.0. The van der Waals surface area contributed by atoms with E-state index < -0.39 is 0 Å². The van der Waals surface area contributed by atoms with Crippen molar-refractivity contribution >= 4 is 33.3 Å². The number of allylic oxidation sites excluding steroid dienone is 4. The van der Waals surface area contributed by atoms with Crippen LogP contribution in [0, 0.1) is 40.4 Å². The summed E-state index contributed by atoms with van der Waals surface area (Å²) in [5.74, 6) is 3.32. The zero-order chi connectivity index (χ0) is 29.2. The van der Waals surface area contributed by atoms with Crippen LogP contribution in [-0.2, 0) is 4.79 Å². The number of hydrogen-bond acceptors (Lipinski definition) is 8. The first-order valence-electron chi connectivity index (χ1n) is 16.9. The molecule has 5 bridgehead atoms. The van der Waals surface area contributed by atoms with E-state index in [1.54, 1.807) is 0 Å². The SMILES string of the molecule is C[C@]12CCSSC3(CCCCC3)[C@]3(CCCC4=C5C[C@H]1C[C@@H](CO)[C@H]1[C@H](CCCO)C=C[C@H](C4=O)[C@@]512)CCN=C(N)N3. The fourth-order valence-corrected chi connectivity index (χ4v) is 15.6. The highest BCUT2D eigenvalue weighted by Crippen LogP contribution is 2.79. The van der Waals surface area contributed by atoms with Crippen molar-refractivity contribution in [2.24, 2.45) is 51.1 Å². The number of fused-ring (bicyclic) bond motifs is 1. The Morgan fingerprint density at radius 1 is 1.10 bits per heavy atom. The van der Waals surface area contributed by atoms with E-state index >= 15 is 0 Å². The Hall–Kier alpha value is -0.960. The number of nitrogens with two attached hydrogens (primary N) is 1. The molecule has 5 aliphatic carbocycles. The lowest BCUT2D eigenvalue weighted by Gasteiger charge is -2.61. The predicted molar refractivity (Wildman–Crippen MR) is 173 cm³/mol. The number of carbonyl (C=O) groups is 1. The molecule has 0 aromatic carbocycles. The summed E-state index contributed by atoms with van der Waals surface area (Å²) in [6, 6.07) is 0. The number of nitrogens with one attached hydrogen (secondary N) is 1. The van der Waals surface area contributed by atoms with Gasteiger partial charge in [-0.15, -0.1) is 0 Å². The lowest BCUT2D eigenvalue weighted by atomic mass is 9.41. The minimum absolute atomic E-state index is 0.0438. The van der Waals surface area contributed by atoms with E-state index in [9.17, 15) is 15.0 Å². The smallest absolute Gasteiger partial charge is 0.189 e. The third-order valence-corrected chi connectivity index (χ3v) is 16.9. The molecule has 5 N–H and O–H groups in total. The summed E-state index contributed by atoms with van der Waals surface area (Å²) < 4.78 is 0.135. The van der Waals surface area contributed by atoms with Crippen molar-refractivity contribution in [2.45, 2.75) is 107 Å². The van der Waals surface area contributed by atoms with Gasteiger partial charge in [0.2, 0.25) is 0 Å². The van der Waals surface area contributed by atoms with Gasteiger partial charge in [0.1, 0.15) is 0 Å². The van der Waals surface area contributed by atoms with Gasteiger partial charge in [0, 0.05) is 35.7 Å². The predicted octanol–water partition coefficient (Wildman–Crippen LogP) is 5.79. The number of nitrogens with zero attached hydrogens (tertiary/aromatic N) is 1. The highest BCUT2D eigenvalue weighted by molar-refractivity contribution is 8.77. The summed E-state index contributed by atoms with van der Waals surface area (Å²) in [7, 11) is 4.26. The maximum atomic E-state index is 14.5. The van der Waals surface area contributed by atoms with Crippen LogP contribution in [0.1, 0.15) is 96.8 Å². The molecule has 3 fully saturated rings. The lowest BCUT2D eigenvalue weighted by molar-refractivity contribution is -0.140. The van der Waals surface area contributed by atoms with Crippen LogP contribution in [0.5, 0.6) is 0 Å². The first-order chi connectivity index (χ1) is 20.4. The van der Waals surface area contributed by atoms with Crippen LogP contribution in [0.15, 0.2) is 28.3 Å². The second kappa shape index (κ2) is 11.1. The fraction of sp³-hybridized carbons (Fsp3) is 0.824. The number of carbonyl (C=O) groups excluding carboxylic acids is 1. The number of hydrogen-bond donors (Lipinski definition) is 4. The molecule has 8 atom stereocenters. The third-order valence-electron chi connectivity index (χ3n) is 13.5. The third kappa shape index (κ3) is 4.05. The molecule has 6 nitrogen and oxygen atoms in total. The Balaban J connectivity index is 1.32. The van der Waals surface area contributed by atoms with Crippen LogP contribution in [-0.4, -0.2) is 57.8 Å². The minimum Gasteiger partial charge on any atom is -0.396 e. The molecule has 0 unspecified atom stereocenters. The molecule has 7 aliphatic rings. The maximum Gasteiger partial charge on any atom is 0.189 e. The van der Waals surface area contributed by atoms with Gasteiger partial charge >= 0.3 is 0 Å². The van der Waals surface area contributed by atoms with Crippen molar-refractivity contribution in [3.63, 3.8) is 0 Å². The molecule has 3 saturated carbocycles. The van der Waals surface area contributed by atoms with E-state index in [1.807, 2.05) is 0 Å². The van der Waals surface area contributed by atoms with E-state index in [0.717, 1.165) is 75.7 Å². The van der Waals surface area contributed by atoms with Crippen LogP contribution >= 0.6 is 21.6 Å². The number of aliphatic hydroxyl groups excluding tert-OH is 2. The van der Waals surface area contributed by atoms with E-state index in [0.29, 0.717) is 23.6 Å². The van der Waals surface area contributed by atoms with E-state index in [-0.39, 0.29) is 52.1 Å². The first kappa shape index (κ1) is 29.7. The summed E-state index contributed by atoms with van der Waals surface area (Å²) in [5, 5.41) is 24.3. The van der Waals surface area contributed by atoms with E-state index in [4.69, 9.17) is 5.73 Å². The molecule has 2 heterocycles. The Morgan fingerprint density at radius 2 is 1.93 bits per heavy atom. The highest BCUT2D eigenvalue weighted by atomic mass is 33.1. The summed E-state index contributed by atoms with van der Waals surface area (Å²) in [5.41, 5.74) is 8.85. The van der Waals surface area contributed by atoms with Crippen molar-refractivity contribution in [2.75, 3.05) is 25.5 Å². The van der Waals surface area contributed by atoms with Gasteiger partial charge in [-0.3, -0.25) is 9.79 Å². The van der Waals surface area contributed by atoms with Crippen molar-refractivity contribution < 1.29 is 15.0 Å². The molecule has 2 aliphatic heterocycles.